The van der Waals surface area contributed by atoms with E-state index in [1.807, 2.05) is 6.92 Å². The number of aliphatic hydroxyl groups is 1. The summed E-state index contributed by atoms with van der Waals surface area (Å²) in [6, 6.07) is 0. The van der Waals surface area contributed by atoms with Gasteiger partial charge in [0.1, 0.15) is 5.76 Å². The van der Waals surface area contributed by atoms with E-state index in [4.69, 9.17) is 6.42 Å². The second kappa shape index (κ2) is 5.68. The highest BCUT2D eigenvalue weighted by Crippen LogP contribution is 2.19. The van der Waals surface area contributed by atoms with Crippen LogP contribution in [0.4, 0.5) is 0 Å². The van der Waals surface area contributed by atoms with Gasteiger partial charge in [0.15, 0.2) is 0 Å². The van der Waals surface area contributed by atoms with Gasteiger partial charge in [-0.25, -0.2) is 0 Å². The maximum absolute atomic E-state index is 9.31. The molecule has 0 aliphatic carbocycles. The molecule has 1 nitrogen and oxygen atoms in total. The van der Waals surface area contributed by atoms with E-state index in [-0.39, 0.29) is 5.76 Å². The zero-order valence-corrected chi connectivity index (χ0v) is 8.56. The molecule has 0 amide bonds. The Hall–Kier alpha value is -0.940. The van der Waals surface area contributed by atoms with Crippen LogP contribution in [0.25, 0.3) is 0 Å². The van der Waals surface area contributed by atoms with Crippen molar-refractivity contribution in [3.63, 3.8) is 0 Å². The number of hydrogen-bond donors (Lipinski definition) is 1. The molecule has 0 aromatic rings. The lowest BCUT2D eigenvalue weighted by Gasteiger charge is -1.99. The predicted octanol–water partition coefficient (Wildman–Crippen LogP) is 3.31. The van der Waals surface area contributed by atoms with E-state index in [0.29, 0.717) is 10.9 Å². The number of hydrogen-bond acceptors (Lipinski definition) is 1. The smallest absolute Gasteiger partial charge is 0.126 e. The summed E-state index contributed by atoms with van der Waals surface area (Å²) < 4.78 is 0.696. The van der Waals surface area contributed by atoms with Crippen LogP contribution in [0, 0.1) is 12.3 Å². The van der Waals surface area contributed by atoms with Gasteiger partial charge in [0, 0.05) is 10.9 Å². The Labute approximate surface area is 81.6 Å². The first-order chi connectivity index (χ1) is 5.57. The molecule has 0 bridgehead atoms. The third kappa shape index (κ3) is 4.81. The molecular formula is C10H11BrO. The molecule has 0 aromatic carbocycles. The van der Waals surface area contributed by atoms with Gasteiger partial charge in [0.25, 0.3) is 0 Å². The number of aliphatic hydroxyl groups excluding tert-OH is 1. The highest BCUT2D eigenvalue weighted by atomic mass is 79.9. The third-order valence-corrected chi connectivity index (χ3v) is 1.76. The molecule has 0 aliphatic heterocycles. The lowest BCUT2D eigenvalue weighted by molar-refractivity contribution is 0.429. The van der Waals surface area contributed by atoms with Crippen molar-refractivity contribution >= 4 is 15.9 Å². The summed E-state index contributed by atoms with van der Waals surface area (Å²) in [5.41, 5.74) is 0.975. The van der Waals surface area contributed by atoms with E-state index in [0.717, 1.165) is 5.57 Å². The van der Waals surface area contributed by atoms with E-state index in [1.54, 1.807) is 0 Å². The number of rotatable bonds is 3. The molecule has 0 unspecified atom stereocenters. The molecular weight excluding hydrogens is 216 g/mol. The van der Waals surface area contributed by atoms with Gasteiger partial charge in [-0.1, -0.05) is 34.0 Å². The molecule has 0 spiro atoms. The highest BCUT2D eigenvalue weighted by molar-refractivity contribution is 9.11. The Morgan fingerprint density at radius 1 is 1.75 bits per heavy atom. The first-order valence-electron chi connectivity index (χ1n) is 3.42. The van der Waals surface area contributed by atoms with E-state index >= 15 is 0 Å². The second-order valence-electron chi connectivity index (χ2n) is 2.42. The Morgan fingerprint density at radius 2 is 2.33 bits per heavy atom. The molecule has 0 fully saturated rings. The summed E-state index contributed by atoms with van der Waals surface area (Å²) in [5.74, 6) is 2.44. The fourth-order valence-corrected chi connectivity index (χ4v) is 1.18. The molecule has 1 N–H and O–H groups in total. The zero-order chi connectivity index (χ0) is 9.56. The summed E-state index contributed by atoms with van der Waals surface area (Å²) in [5, 5.41) is 9.31. The molecule has 0 aliphatic rings. The fraction of sp³-hybridized carbons (Fsp3) is 0.200. The Kier molecular flexibility index (Phi) is 5.23. The van der Waals surface area contributed by atoms with Crippen LogP contribution < -0.4 is 0 Å². The van der Waals surface area contributed by atoms with Crippen LogP contribution >= 0.6 is 15.9 Å². The van der Waals surface area contributed by atoms with Crippen LogP contribution in [-0.4, -0.2) is 5.11 Å². The topological polar surface area (TPSA) is 20.2 Å². The SMILES string of the molecule is C#C/C=C\C(O)=C(\Br)CC(=C)C. The summed E-state index contributed by atoms with van der Waals surface area (Å²) in [4.78, 5) is 0. The molecule has 0 heterocycles. The molecule has 12 heavy (non-hydrogen) atoms. The van der Waals surface area contributed by atoms with Gasteiger partial charge in [0.05, 0.1) is 0 Å². The monoisotopic (exact) mass is 226 g/mol. The van der Waals surface area contributed by atoms with Gasteiger partial charge < -0.3 is 5.11 Å². The maximum Gasteiger partial charge on any atom is 0.126 e. The standard InChI is InChI=1S/C10H11BrO/c1-4-5-6-10(12)9(11)7-8(2)3/h1,5-6,12H,2,7H2,3H3/b6-5-,10-9-. The summed E-state index contributed by atoms with van der Waals surface area (Å²) >= 11 is 3.22. The van der Waals surface area contributed by atoms with Crippen molar-refractivity contribution in [2.75, 3.05) is 0 Å². The van der Waals surface area contributed by atoms with Crippen LogP contribution in [0.2, 0.25) is 0 Å². The molecule has 64 valence electrons. The van der Waals surface area contributed by atoms with Crippen LogP contribution in [0.15, 0.2) is 34.5 Å². The molecule has 0 aromatic heterocycles. The average Bonchev–Trinajstić information content (AvgIpc) is 1.98. The number of halogens is 1. The van der Waals surface area contributed by atoms with Gasteiger partial charge in [-0.05, 0) is 19.1 Å². The minimum absolute atomic E-state index is 0.149. The van der Waals surface area contributed by atoms with E-state index < -0.39 is 0 Å². The van der Waals surface area contributed by atoms with Crippen molar-refractivity contribution in [3.8, 4) is 12.3 Å². The van der Waals surface area contributed by atoms with Crippen molar-refractivity contribution in [1.82, 2.24) is 0 Å². The Balaban J connectivity index is 4.38. The van der Waals surface area contributed by atoms with Crippen LogP contribution in [-0.2, 0) is 0 Å². The summed E-state index contributed by atoms with van der Waals surface area (Å²) in [7, 11) is 0. The van der Waals surface area contributed by atoms with E-state index in [2.05, 4.69) is 28.4 Å². The lowest BCUT2D eigenvalue weighted by Crippen LogP contribution is -1.82. The van der Waals surface area contributed by atoms with Crippen LogP contribution in [0.3, 0.4) is 0 Å². The van der Waals surface area contributed by atoms with Gasteiger partial charge in [0.2, 0.25) is 0 Å². The Bertz CT molecular complexity index is 266. The molecule has 2 heteroatoms. The van der Waals surface area contributed by atoms with Crippen LogP contribution in [0.1, 0.15) is 13.3 Å². The first-order valence-corrected chi connectivity index (χ1v) is 4.22. The highest BCUT2D eigenvalue weighted by Gasteiger charge is 1.98. The predicted molar refractivity (Wildman–Crippen MR) is 56.0 cm³/mol. The van der Waals surface area contributed by atoms with E-state index in [1.165, 1.54) is 12.2 Å². The molecule has 0 rings (SSSR count). The largest absolute Gasteiger partial charge is 0.507 e. The summed E-state index contributed by atoms with van der Waals surface area (Å²) in [6.07, 6.45) is 8.51. The lowest BCUT2D eigenvalue weighted by atomic mass is 10.2. The van der Waals surface area contributed by atoms with Crippen molar-refractivity contribution in [1.29, 1.82) is 0 Å². The van der Waals surface area contributed by atoms with Crippen molar-refractivity contribution in [2.45, 2.75) is 13.3 Å². The zero-order valence-electron chi connectivity index (χ0n) is 6.97. The minimum Gasteiger partial charge on any atom is -0.507 e. The molecule has 0 saturated heterocycles. The van der Waals surface area contributed by atoms with E-state index in [9.17, 15) is 5.11 Å². The third-order valence-electron chi connectivity index (χ3n) is 1.07. The quantitative estimate of drug-likeness (QED) is 0.339. The molecule has 0 saturated carbocycles. The van der Waals surface area contributed by atoms with Crippen LogP contribution in [0.5, 0.6) is 0 Å². The normalized spacial score (nSPS) is 12.4. The molecule has 0 atom stereocenters. The number of allylic oxidation sites excluding steroid dienone is 4. The molecule has 0 radical (unpaired) electrons. The Morgan fingerprint density at radius 3 is 2.75 bits per heavy atom. The van der Waals surface area contributed by atoms with Gasteiger partial charge in [-0.3, -0.25) is 0 Å². The average molecular weight is 227 g/mol. The van der Waals surface area contributed by atoms with Gasteiger partial charge >= 0.3 is 0 Å². The second-order valence-corrected chi connectivity index (χ2v) is 3.38. The maximum atomic E-state index is 9.31. The first kappa shape index (κ1) is 11.1. The summed E-state index contributed by atoms with van der Waals surface area (Å²) in [6.45, 7) is 5.61. The van der Waals surface area contributed by atoms with Gasteiger partial charge in [-0.2, -0.15) is 0 Å². The van der Waals surface area contributed by atoms with Gasteiger partial charge in [-0.15, -0.1) is 6.42 Å². The van der Waals surface area contributed by atoms with Crippen molar-refractivity contribution in [2.24, 2.45) is 0 Å². The minimum atomic E-state index is 0.149. The van der Waals surface area contributed by atoms with Crippen molar-refractivity contribution in [3.05, 3.63) is 34.5 Å². The van der Waals surface area contributed by atoms with Crippen molar-refractivity contribution < 1.29 is 5.11 Å². The fourth-order valence-electron chi connectivity index (χ4n) is 0.573. The number of terminal acetylenes is 1.